The molecule has 18 heavy (non-hydrogen) atoms. The van der Waals surface area contributed by atoms with Gasteiger partial charge in [-0.1, -0.05) is 18.2 Å². The summed E-state index contributed by atoms with van der Waals surface area (Å²) in [6.45, 7) is 0.642. The van der Waals surface area contributed by atoms with Crippen molar-refractivity contribution in [3.05, 3.63) is 58.9 Å². The Bertz CT molecular complexity index is 653. The number of nitrogens with zero attached hydrogens (tertiary/aromatic N) is 3. The number of carbonyl (C=O) groups is 1. The number of amides is 1. The average molecular weight is 237 g/mol. The molecule has 0 saturated carbocycles. The predicted molar refractivity (Wildman–Crippen MR) is 64.8 cm³/mol. The van der Waals surface area contributed by atoms with E-state index in [0.717, 1.165) is 28.8 Å². The van der Waals surface area contributed by atoms with Crippen LogP contribution in [0, 0.1) is 0 Å². The molecule has 1 atom stereocenters. The normalized spacial score (nSPS) is 20.3. The van der Waals surface area contributed by atoms with Gasteiger partial charge in [0, 0.05) is 24.7 Å². The lowest BCUT2D eigenvalue weighted by atomic mass is 9.96. The van der Waals surface area contributed by atoms with Gasteiger partial charge in [0.1, 0.15) is 0 Å². The maximum absolute atomic E-state index is 12.3. The molecule has 0 saturated heterocycles. The van der Waals surface area contributed by atoms with Crippen LogP contribution in [0.25, 0.3) is 0 Å². The van der Waals surface area contributed by atoms with Crippen LogP contribution < -0.4 is 0 Å². The number of carbonyl (C=O) groups excluding carboxylic acids is 1. The number of rotatable bonds is 0. The molecule has 0 bridgehead atoms. The third-order valence-corrected chi connectivity index (χ3v) is 3.81. The summed E-state index contributed by atoms with van der Waals surface area (Å²) in [7, 11) is 0. The van der Waals surface area contributed by atoms with E-state index < -0.39 is 0 Å². The van der Waals surface area contributed by atoms with Gasteiger partial charge >= 0.3 is 0 Å². The maximum atomic E-state index is 12.3. The maximum Gasteiger partial charge on any atom is 0.255 e. The van der Waals surface area contributed by atoms with E-state index in [1.807, 2.05) is 35.2 Å². The van der Waals surface area contributed by atoms with Gasteiger partial charge in [-0.25, -0.2) is 0 Å². The predicted octanol–water partition coefficient (Wildman–Crippen LogP) is 1.73. The summed E-state index contributed by atoms with van der Waals surface area (Å²) in [5.74, 6) is 0.137. The summed E-state index contributed by atoms with van der Waals surface area (Å²) < 4.78 is 0. The van der Waals surface area contributed by atoms with E-state index in [2.05, 4.69) is 10.2 Å². The minimum atomic E-state index is 0.137. The van der Waals surface area contributed by atoms with Gasteiger partial charge in [0.2, 0.25) is 0 Å². The van der Waals surface area contributed by atoms with Crippen molar-refractivity contribution in [3.63, 3.8) is 0 Å². The molecule has 0 fully saturated rings. The molecule has 88 valence electrons. The standard InChI is InChI=1S/C14H11N3O/c18-14-11-4-2-1-3-10(11)13-7-12-9(8-17(13)14)5-6-15-16-12/h1-6,13H,7-8H2. The number of aromatic nitrogens is 2. The molecule has 1 amide bonds. The zero-order valence-electron chi connectivity index (χ0n) is 9.71. The molecule has 4 nitrogen and oxygen atoms in total. The minimum Gasteiger partial charge on any atom is -0.327 e. The highest BCUT2D eigenvalue weighted by molar-refractivity contribution is 5.99. The Balaban J connectivity index is 1.85. The van der Waals surface area contributed by atoms with E-state index in [0.29, 0.717) is 6.54 Å². The lowest BCUT2D eigenvalue weighted by Crippen LogP contribution is -2.33. The number of hydrogen-bond donors (Lipinski definition) is 0. The Kier molecular flexibility index (Phi) is 1.84. The Morgan fingerprint density at radius 2 is 2.11 bits per heavy atom. The van der Waals surface area contributed by atoms with Crippen molar-refractivity contribution in [2.75, 3.05) is 0 Å². The summed E-state index contributed by atoms with van der Waals surface area (Å²) in [5, 5.41) is 8.12. The molecule has 1 aromatic heterocycles. The molecule has 0 radical (unpaired) electrons. The molecule has 1 unspecified atom stereocenters. The molecule has 0 aliphatic carbocycles. The fourth-order valence-corrected chi connectivity index (χ4v) is 2.92. The molecular weight excluding hydrogens is 226 g/mol. The Morgan fingerprint density at radius 1 is 1.22 bits per heavy atom. The number of hydrogen-bond acceptors (Lipinski definition) is 3. The minimum absolute atomic E-state index is 0.137. The molecule has 3 heterocycles. The van der Waals surface area contributed by atoms with Crippen LogP contribution in [0.2, 0.25) is 0 Å². The van der Waals surface area contributed by atoms with Crippen LogP contribution in [0.5, 0.6) is 0 Å². The number of fused-ring (bicyclic) bond motifs is 4. The molecule has 2 aliphatic rings. The van der Waals surface area contributed by atoms with Crippen molar-refractivity contribution in [3.8, 4) is 0 Å². The fourth-order valence-electron chi connectivity index (χ4n) is 2.92. The van der Waals surface area contributed by atoms with Crippen LogP contribution in [0.3, 0.4) is 0 Å². The molecular formula is C14H11N3O. The number of benzene rings is 1. The third-order valence-electron chi connectivity index (χ3n) is 3.81. The van der Waals surface area contributed by atoms with Crippen molar-refractivity contribution in [2.45, 2.75) is 19.0 Å². The van der Waals surface area contributed by atoms with E-state index in [1.54, 1.807) is 6.20 Å². The highest BCUT2D eigenvalue weighted by Crippen LogP contribution is 2.39. The molecule has 1 aromatic carbocycles. The van der Waals surface area contributed by atoms with Crippen LogP contribution in [0.1, 0.15) is 33.2 Å². The van der Waals surface area contributed by atoms with Gasteiger partial charge in [0.05, 0.1) is 11.7 Å². The van der Waals surface area contributed by atoms with E-state index >= 15 is 0 Å². The monoisotopic (exact) mass is 237 g/mol. The molecule has 4 heteroatoms. The summed E-state index contributed by atoms with van der Waals surface area (Å²) >= 11 is 0. The Morgan fingerprint density at radius 3 is 3.06 bits per heavy atom. The highest BCUT2D eigenvalue weighted by Gasteiger charge is 2.39. The summed E-state index contributed by atoms with van der Waals surface area (Å²) in [5.41, 5.74) is 4.09. The van der Waals surface area contributed by atoms with Crippen LogP contribution in [-0.4, -0.2) is 21.0 Å². The molecule has 2 aliphatic heterocycles. The van der Waals surface area contributed by atoms with Crippen LogP contribution in [0.4, 0.5) is 0 Å². The van der Waals surface area contributed by atoms with Gasteiger partial charge in [-0.3, -0.25) is 4.79 Å². The smallest absolute Gasteiger partial charge is 0.255 e. The average Bonchev–Trinajstić information content (AvgIpc) is 2.71. The topological polar surface area (TPSA) is 46.1 Å². The lowest BCUT2D eigenvalue weighted by Gasteiger charge is -2.30. The van der Waals surface area contributed by atoms with Crippen molar-refractivity contribution in [1.82, 2.24) is 15.1 Å². The first-order valence-corrected chi connectivity index (χ1v) is 6.04. The van der Waals surface area contributed by atoms with E-state index in [-0.39, 0.29) is 11.9 Å². The fraction of sp³-hybridized carbons (Fsp3) is 0.214. The quantitative estimate of drug-likeness (QED) is 0.701. The molecule has 0 spiro atoms. The Labute approximate surface area is 104 Å². The zero-order chi connectivity index (χ0) is 12.1. The highest BCUT2D eigenvalue weighted by atomic mass is 16.2. The Hall–Kier alpha value is -2.23. The first kappa shape index (κ1) is 9.76. The van der Waals surface area contributed by atoms with Gasteiger partial charge in [-0.05, 0) is 23.3 Å². The second-order valence-corrected chi connectivity index (χ2v) is 4.74. The van der Waals surface area contributed by atoms with E-state index in [9.17, 15) is 4.79 Å². The van der Waals surface area contributed by atoms with Gasteiger partial charge in [-0.15, -0.1) is 0 Å². The van der Waals surface area contributed by atoms with E-state index in [4.69, 9.17) is 0 Å². The summed E-state index contributed by atoms with van der Waals surface area (Å²) in [6.07, 6.45) is 2.46. The summed E-state index contributed by atoms with van der Waals surface area (Å²) in [4.78, 5) is 14.3. The first-order valence-electron chi connectivity index (χ1n) is 6.04. The van der Waals surface area contributed by atoms with Crippen LogP contribution in [0.15, 0.2) is 36.5 Å². The van der Waals surface area contributed by atoms with Gasteiger partial charge in [0.25, 0.3) is 5.91 Å². The van der Waals surface area contributed by atoms with Crippen LogP contribution in [-0.2, 0) is 13.0 Å². The SMILES string of the molecule is O=C1c2ccccc2C2Cc3nnccc3CN12. The van der Waals surface area contributed by atoms with Crippen molar-refractivity contribution in [1.29, 1.82) is 0 Å². The van der Waals surface area contributed by atoms with Crippen molar-refractivity contribution < 1.29 is 4.79 Å². The zero-order valence-corrected chi connectivity index (χ0v) is 9.71. The second kappa shape index (κ2) is 3.38. The van der Waals surface area contributed by atoms with Gasteiger partial charge in [0.15, 0.2) is 0 Å². The first-order chi connectivity index (χ1) is 8.84. The third kappa shape index (κ3) is 1.17. The van der Waals surface area contributed by atoms with Crippen molar-refractivity contribution >= 4 is 5.91 Å². The molecule has 0 N–H and O–H groups in total. The van der Waals surface area contributed by atoms with Crippen molar-refractivity contribution in [2.24, 2.45) is 0 Å². The molecule has 4 rings (SSSR count). The summed E-state index contributed by atoms with van der Waals surface area (Å²) in [6, 6.07) is 9.95. The van der Waals surface area contributed by atoms with Gasteiger partial charge in [-0.2, -0.15) is 10.2 Å². The molecule has 2 aromatic rings. The second-order valence-electron chi connectivity index (χ2n) is 4.74. The lowest BCUT2D eigenvalue weighted by molar-refractivity contribution is 0.0690. The van der Waals surface area contributed by atoms with Gasteiger partial charge < -0.3 is 4.90 Å². The van der Waals surface area contributed by atoms with Crippen LogP contribution >= 0.6 is 0 Å². The van der Waals surface area contributed by atoms with E-state index in [1.165, 1.54) is 0 Å². The largest absolute Gasteiger partial charge is 0.327 e.